The first-order chi connectivity index (χ1) is 13.0. The van der Waals surface area contributed by atoms with Crippen molar-refractivity contribution in [3.05, 3.63) is 30.3 Å². The Hall–Kier alpha value is -1.47. The SMILES string of the molecule is CC(C)OC(=O)[C@H](C)N[P@@](=O)(OC[C@@H]1C[C@@](C)(F)[C@H](C)O1)Oc1ccccc1. The molecule has 1 fully saturated rings. The third-order valence-corrected chi connectivity index (χ3v) is 5.97. The molecule has 0 bridgehead atoms. The van der Waals surface area contributed by atoms with Gasteiger partial charge in [-0.3, -0.25) is 9.32 Å². The quantitative estimate of drug-likeness (QED) is 0.480. The molecule has 1 aromatic rings. The highest BCUT2D eigenvalue weighted by atomic mass is 31.2. The maximum Gasteiger partial charge on any atom is 0.459 e. The number of para-hydroxylation sites is 1. The molecule has 0 radical (unpaired) electrons. The Morgan fingerprint density at radius 1 is 1.36 bits per heavy atom. The summed E-state index contributed by atoms with van der Waals surface area (Å²) < 4.78 is 49.3. The molecule has 1 heterocycles. The number of carbonyl (C=O) groups excluding carboxylic acids is 1. The molecule has 0 aliphatic carbocycles. The molecule has 0 spiro atoms. The molecule has 1 aromatic carbocycles. The van der Waals surface area contributed by atoms with Gasteiger partial charge in [0.15, 0.2) is 0 Å². The first kappa shape index (κ1) is 22.8. The van der Waals surface area contributed by atoms with Gasteiger partial charge in [0.25, 0.3) is 0 Å². The van der Waals surface area contributed by atoms with Crippen molar-refractivity contribution in [3.63, 3.8) is 0 Å². The van der Waals surface area contributed by atoms with Gasteiger partial charge in [-0.1, -0.05) is 18.2 Å². The van der Waals surface area contributed by atoms with E-state index in [1.54, 1.807) is 51.1 Å². The number of halogens is 1. The second-order valence-electron chi connectivity index (χ2n) is 7.42. The van der Waals surface area contributed by atoms with E-state index in [0.29, 0.717) is 5.75 Å². The minimum atomic E-state index is -3.96. The highest BCUT2D eigenvalue weighted by Gasteiger charge is 2.44. The standard InChI is InChI=1S/C19H29FNO6P/c1-13(2)25-18(22)14(3)21-28(23,27-16-9-7-6-8-10-16)24-12-17-11-19(5,20)15(4)26-17/h6-10,13-15,17H,11-12H2,1-5H3,(H,21,23)/t14-,15-,17-,19+,28+/m0/s1. The van der Waals surface area contributed by atoms with Gasteiger partial charge >= 0.3 is 13.7 Å². The van der Waals surface area contributed by atoms with Crippen LogP contribution in [0.2, 0.25) is 0 Å². The van der Waals surface area contributed by atoms with Crippen LogP contribution in [0.1, 0.15) is 41.0 Å². The minimum absolute atomic E-state index is 0.116. The maximum absolute atomic E-state index is 14.3. The van der Waals surface area contributed by atoms with Crippen LogP contribution in [-0.4, -0.2) is 42.6 Å². The molecule has 2 rings (SSSR count). The third kappa shape index (κ3) is 6.55. The van der Waals surface area contributed by atoms with Gasteiger partial charge in [0, 0.05) is 6.42 Å². The van der Waals surface area contributed by atoms with Crippen LogP contribution in [0.15, 0.2) is 30.3 Å². The molecular weight excluding hydrogens is 388 g/mol. The van der Waals surface area contributed by atoms with Crippen molar-refractivity contribution in [1.29, 1.82) is 0 Å². The average molecular weight is 417 g/mol. The largest absolute Gasteiger partial charge is 0.462 e. The lowest BCUT2D eigenvalue weighted by molar-refractivity contribution is -0.149. The van der Waals surface area contributed by atoms with Crippen molar-refractivity contribution in [2.24, 2.45) is 0 Å². The molecule has 0 saturated carbocycles. The van der Waals surface area contributed by atoms with Crippen molar-refractivity contribution in [2.75, 3.05) is 6.61 Å². The van der Waals surface area contributed by atoms with E-state index < -0.39 is 37.6 Å². The zero-order chi connectivity index (χ0) is 20.9. The summed E-state index contributed by atoms with van der Waals surface area (Å²) in [4.78, 5) is 12.1. The number of hydrogen-bond donors (Lipinski definition) is 1. The molecule has 1 aliphatic heterocycles. The van der Waals surface area contributed by atoms with Crippen LogP contribution in [-0.2, 0) is 23.4 Å². The number of benzene rings is 1. The molecule has 9 heteroatoms. The molecule has 1 aliphatic rings. The zero-order valence-corrected chi connectivity index (χ0v) is 17.8. The Labute approximate surface area is 165 Å². The predicted octanol–water partition coefficient (Wildman–Crippen LogP) is 4.03. The number of esters is 1. The highest BCUT2D eigenvalue weighted by molar-refractivity contribution is 7.52. The van der Waals surface area contributed by atoms with E-state index >= 15 is 0 Å². The number of ether oxygens (including phenoxy) is 2. The molecule has 1 saturated heterocycles. The average Bonchev–Trinajstić information content (AvgIpc) is 2.86. The first-order valence-corrected chi connectivity index (χ1v) is 10.9. The lowest BCUT2D eigenvalue weighted by Gasteiger charge is -2.24. The van der Waals surface area contributed by atoms with Gasteiger partial charge in [0.2, 0.25) is 0 Å². The molecule has 1 N–H and O–H groups in total. The number of hydrogen-bond acceptors (Lipinski definition) is 6. The van der Waals surface area contributed by atoms with Crippen LogP contribution in [0, 0.1) is 0 Å². The van der Waals surface area contributed by atoms with Crippen LogP contribution >= 0.6 is 7.75 Å². The van der Waals surface area contributed by atoms with Gasteiger partial charge in [-0.15, -0.1) is 0 Å². The van der Waals surface area contributed by atoms with E-state index in [9.17, 15) is 13.8 Å². The van der Waals surface area contributed by atoms with E-state index in [1.807, 2.05) is 0 Å². The fraction of sp³-hybridized carbons (Fsp3) is 0.632. The summed E-state index contributed by atoms with van der Waals surface area (Å²) >= 11 is 0. The minimum Gasteiger partial charge on any atom is -0.462 e. The summed E-state index contributed by atoms with van der Waals surface area (Å²) in [6.07, 6.45) is -1.37. The highest BCUT2D eigenvalue weighted by Crippen LogP contribution is 2.46. The van der Waals surface area contributed by atoms with Crippen LogP contribution in [0.3, 0.4) is 0 Å². The smallest absolute Gasteiger partial charge is 0.459 e. The van der Waals surface area contributed by atoms with Crippen LogP contribution in [0.25, 0.3) is 0 Å². The Balaban J connectivity index is 2.07. The summed E-state index contributed by atoms with van der Waals surface area (Å²) in [5.74, 6) is -0.281. The summed E-state index contributed by atoms with van der Waals surface area (Å²) in [7, 11) is -3.96. The number of alkyl halides is 1. The monoisotopic (exact) mass is 417 g/mol. The number of rotatable bonds is 9. The fourth-order valence-electron chi connectivity index (χ4n) is 2.70. The lowest BCUT2D eigenvalue weighted by atomic mass is 10.00. The van der Waals surface area contributed by atoms with E-state index in [2.05, 4.69) is 5.09 Å². The third-order valence-electron chi connectivity index (χ3n) is 4.33. The van der Waals surface area contributed by atoms with Crippen molar-refractivity contribution >= 4 is 13.7 Å². The Morgan fingerprint density at radius 2 is 2.00 bits per heavy atom. The van der Waals surface area contributed by atoms with E-state index in [0.717, 1.165) is 0 Å². The summed E-state index contributed by atoms with van der Waals surface area (Å²) in [6, 6.07) is 7.50. The summed E-state index contributed by atoms with van der Waals surface area (Å²) in [5, 5.41) is 2.59. The van der Waals surface area contributed by atoms with E-state index in [-0.39, 0.29) is 19.1 Å². The zero-order valence-electron chi connectivity index (χ0n) is 16.9. The van der Waals surface area contributed by atoms with Gasteiger partial charge in [-0.25, -0.2) is 8.96 Å². The fourth-order valence-corrected chi connectivity index (χ4v) is 4.23. The van der Waals surface area contributed by atoms with Gasteiger partial charge in [-0.05, 0) is 46.8 Å². The Kier molecular flexibility index (Phi) is 7.62. The number of carbonyl (C=O) groups is 1. The maximum atomic E-state index is 14.3. The normalized spacial score (nSPS) is 28.0. The van der Waals surface area contributed by atoms with Crippen molar-refractivity contribution in [1.82, 2.24) is 5.09 Å². The van der Waals surface area contributed by atoms with Gasteiger partial charge in [0.05, 0.1) is 24.9 Å². The first-order valence-electron chi connectivity index (χ1n) is 9.32. The van der Waals surface area contributed by atoms with Gasteiger partial charge < -0.3 is 14.0 Å². The molecule has 28 heavy (non-hydrogen) atoms. The van der Waals surface area contributed by atoms with Crippen LogP contribution in [0.5, 0.6) is 5.75 Å². The second-order valence-corrected chi connectivity index (χ2v) is 9.11. The van der Waals surface area contributed by atoms with Gasteiger partial charge in [0.1, 0.15) is 17.5 Å². The molecule has 0 aromatic heterocycles. The molecule has 7 nitrogen and oxygen atoms in total. The Bertz CT molecular complexity index is 699. The second kappa shape index (κ2) is 9.35. The number of nitrogens with one attached hydrogen (secondary N) is 1. The molecular formula is C19H29FNO6P. The molecule has 158 valence electrons. The van der Waals surface area contributed by atoms with Crippen molar-refractivity contribution in [3.8, 4) is 5.75 Å². The predicted molar refractivity (Wildman–Crippen MR) is 103 cm³/mol. The topological polar surface area (TPSA) is 83.1 Å². The summed E-state index contributed by atoms with van der Waals surface area (Å²) in [6.45, 7) is 7.89. The van der Waals surface area contributed by atoms with Crippen molar-refractivity contribution < 1.29 is 32.3 Å². The molecule has 0 unspecified atom stereocenters. The Morgan fingerprint density at radius 3 is 2.54 bits per heavy atom. The van der Waals surface area contributed by atoms with Crippen LogP contribution in [0.4, 0.5) is 4.39 Å². The van der Waals surface area contributed by atoms with Crippen LogP contribution < -0.4 is 9.61 Å². The molecule has 5 atom stereocenters. The molecule has 0 amide bonds. The summed E-state index contributed by atoms with van der Waals surface area (Å²) in [5.41, 5.74) is -1.49. The van der Waals surface area contributed by atoms with E-state index in [4.69, 9.17) is 18.5 Å². The lowest BCUT2D eigenvalue weighted by Crippen LogP contribution is -2.36. The van der Waals surface area contributed by atoms with Crippen molar-refractivity contribution in [2.45, 2.75) is 71.1 Å². The van der Waals surface area contributed by atoms with E-state index in [1.165, 1.54) is 13.8 Å². The van der Waals surface area contributed by atoms with Gasteiger partial charge in [-0.2, -0.15) is 5.09 Å².